The van der Waals surface area contributed by atoms with Gasteiger partial charge in [-0.25, -0.2) is 0 Å². The summed E-state index contributed by atoms with van der Waals surface area (Å²) in [6.07, 6.45) is 2.81. The third kappa shape index (κ3) is 2.33. The molecule has 2 aromatic rings. The number of thioether (sulfide) groups is 1. The van der Waals surface area contributed by atoms with E-state index in [2.05, 4.69) is 4.98 Å². The fourth-order valence-corrected chi connectivity index (χ4v) is 5.31. The predicted octanol–water partition coefficient (Wildman–Crippen LogP) is 3.29. The van der Waals surface area contributed by atoms with Gasteiger partial charge in [0.25, 0.3) is 5.56 Å². The van der Waals surface area contributed by atoms with Gasteiger partial charge in [0.2, 0.25) is 0 Å². The summed E-state index contributed by atoms with van der Waals surface area (Å²) in [7, 11) is 0. The van der Waals surface area contributed by atoms with Crippen LogP contribution in [0.15, 0.2) is 29.1 Å². The van der Waals surface area contributed by atoms with Gasteiger partial charge in [0.05, 0.1) is 16.5 Å². The van der Waals surface area contributed by atoms with Gasteiger partial charge in [-0.1, -0.05) is 12.1 Å². The molecule has 0 amide bonds. The molecular weight excluding hydrogens is 316 g/mol. The van der Waals surface area contributed by atoms with Crippen LogP contribution in [0.25, 0.3) is 10.9 Å². The third-order valence-electron chi connectivity index (χ3n) is 4.74. The van der Waals surface area contributed by atoms with Crippen LogP contribution < -0.4 is 5.56 Å². The van der Waals surface area contributed by atoms with Crippen molar-refractivity contribution in [1.82, 2.24) is 9.55 Å². The number of para-hydroxylation sites is 1. The Labute approximate surface area is 137 Å². The molecule has 2 fully saturated rings. The first-order chi connectivity index (χ1) is 10.7. The van der Waals surface area contributed by atoms with Crippen LogP contribution in [0.2, 0.25) is 0 Å². The van der Waals surface area contributed by atoms with Crippen molar-refractivity contribution < 1.29 is 4.74 Å². The maximum absolute atomic E-state index is 12.9. The minimum Gasteiger partial charge on any atom is -0.374 e. The molecule has 0 bridgehead atoms. The molecule has 0 aliphatic carbocycles. The topological polar surface area (TPSA) is 47.0 Å². The number of rotatable bonds is 1. The van der Waals surface area contributed by atoms with Gasteiger partial charge in [0.1, 0.15) is 0 Å². The van der Waals surface area contributed by atoms with Gasteiger partial charge in [-0.05, 0) is 49.4 Å². The maximum Gasteiger partial charge on any atom is 0.262 e. The summed E-state index contributed by atoms with van der Waals surface area (Å²) in [5, 5.41) is 0.706. The van der Waals surface area contributed by atoms with Crippen LogP contribution in [0.4, 0.5) is 0 Å². The third-order valence-corrected chi connectivity index (χ3v) is 6.26. The van der Waals surface area contributed by atoms with Crippen molar-refractivity contribution in [2.75, 3.05) is 18.1 Å². The molecule has 116 valence electrons. The van der Waals surface area contributed by atoms with E-state index in [4.69, 9.17) is 17.0 Å². The number of nitrogens with zero attached hydrogens (tertiary/aromatic N) is 1. The van der Waals surface area contributed by atoms with Gasteiger partial charge in [-0.15, -0.1) is 0 Å². The number of ether oxygens (including phenoxy) is 1. The van der Waals surface area contributed by atoms with Gasteiger partial charge < -0.3 is 9.72 Å². The number of fused-ring (bicyclic) bond motifs is 1. The Hall–Kier alpha value is -1.11. The van der Waals surface area contributed by atoms with E-state index in [9.17, 15) is 4.79 Å². The van der Waals surface area contributed by atoms with Crippen molar-refractivity contribution in [3.63, 3.8) is 0 Å². The lowest BCUT2D eigenvalue weighted by Gasteiger charge is -2.38. The van der Waals surface area contributed by atoms with E-state index in [-0.39, 0.29) is 17.2 Å². The molecule has 2 aliphatic rings. The summed E-state index contributed by atoms with van der Waals surface area (Å²) in [6, 6.07) is 7.70. The van der Waals surface area contributed by atoms with Crippen molar-refractivity contribution in [3.05, 3.63) is 39.4 Å². The van der Waals surface area contributed by atoms with Crippen molar-refractivity contribution in [2.45, 2.75) is 30.9 Å². The zero-order valence-electron chi connectivity index (χ0n) is 12.2. The van der Waals surface area contributed by atoms with Gasteiger partial charge in [0.15, 0.2) is 4.77 Å². The Morgan fingerprint density at radius 1 is 1.41 bits per heavy atom. The van der Waals surface area contributed by atoms with E-state index in [0.717, 1.165) is 36.3 Å². The van der Waals surface area contributed by atoms with E-state index in [0.29, 0.717) is 16.8 Å². The monoisotopic (exact) mass is 334 g/mol. The quantitative estimate of drug-likeness (QED) is 0.813. The molecule has 0 saturated carbocycles. The Bertz CT molecular complexity index is 821. The van der Waals surface area contributed by atoms with Crippen molar-refractivity contribution in [2.24, 2.45) is 0 Å². The van der Waals surface area contributed by atoms with E-state index in [1.165, 1.54) is 0 Å². The number of aromatic nitrogens is 2. The first-order valence-corrected chi connectivity index (χ1v) is 9.20. The maximum atomic E-state index is 12.9. The molecule has 4 nitrogen and oxygen atoms in total. The molecule has 1 aromatic carbocycles. The van der Waals surface area contributed by atoms with Crippen LogP contribution in [0, 0.1) is 4.77 Å². The predicted molar refractivity (Wildman–Crippen MR) is 92.3 cm³/mol. The number of nitrogens with one attached hydrogen (secondary N) is 1. The van der Waals surface area contributed by atoms with Crippen LogP contribution in [0.1, 0.15) is 25.3 Å². The summed E-state index contributed by atoms with van der Waals surface area (Å²) in [4.78, 5) is 16.1. The van der Waals surface area contributed by atoms with Crippen molar-refractivity contribution >= 4 is 34.9 Å². The fourth-order valence-electron chi connectivity index (χ4n) is 3.59. The Morgan fingerprint density at radius 3 is 3.09 bits per heavy atom. The largest absolute Gasteiger partial charge is 0.374 e. The van der Waals surface area contributed by atoms with E-state index in [1.807, 2.05) is 36.0 Å². The highest BCUT2D eigenvalue weighted by Gasteiger charge is 2.41. The molecule has 1 N–H and O–H groups in total. The van der Waals surface area contributed by atoms with Crippen molar-refractivity contribution in [3.8, 4) is 0 Å². The normalized spacial score (nSPS) is 28.5. The minimum atomic E-state index is -0.0551. The average molecular weight is 334 g/mol. The lowest BCUT2D eigenvalue weighted by molar-refractivity contribution is -0.0768. The first-order valence-electron chi connectivity index (χ1n) is 7.64. The van der Waals surface area contributed by atoms with E-state index < -0.39 is 0 Å². The van der Waals surface area contributed by atoms with E-state index in [1.54, 1.807) is 4.57 Å². The number of hydrogen-bond donors (Lipinski definition) is 1. The standard InChI is InChI=1S/C16H18N2O2S2/c19-14-12-3-1-2-4-13(12)17-15(21)18(14)11-5-7-20-16(9-11)6-8-22-10-16/h1-4,11H,5-10H2,(H,17,21)/t11-,16-/m1/s1. The van der Waals surface area contributed by atoms with Crippen molar-refractivity contribution in [1.29, 1.82) is 0 Å². The number of H-pyrrole nitrogens is 1. The van der Waals surface area contributed by atoms with Gasteiger partial charge in [-0.2, -0.15) is 11.8 Å². The Balaban J connectivity index is 1.80. The highest BCUT2D eigenvalue weighted by atomic mass is 32.2. The van der Waals surface area contributed by atoms with Crippen LogP contribution in [0.3, 0.4) is 0 Å². The second-order valence-corrected chi connectivity index (χ2v) is 7.62. The molecule has 22 heavy (non-hydrogen) atoms. The molecular formula is C16H18N2O2S2. The SMILES string of the molecule is O=c1c2ccccc2[nH]c(=S)n1[C@@H]1CCO[C@]2(CCSC2)C1. The van der Waals surface area contributed by atoms with E-state index >= 15 is 0 Å². The van der Waals surface area contributed by atoms with Gasteiger partial charge in [0, 0.05) is 18.4 Å². The lowest BCUT2D eigenvalue weighted by Crippen LogP contribution is -2.42. The Kier molecular flexibility index (Phi) is 3.63. The number of benzene rings is 1. The molecule has 3 heterocycles. The first kappa shape index (κ1) is 14.5. The van der Waals surface area contributed by atoms with Gasteiger partial charge >= 0.3 is 0 Å². The zero-order chi connectivity index (χ0) is 15.2. The summed E-state index contributed by atoms with van der Waals surface area (Å²) in [5.74, 6) is 2.18. The molecule has 0 radical (unpaired) electrons. The Morgan fingerprint density at radius 2 is 2.27 bits per heavy atom. The molecule has 2 saturated heterocycles. The summed E-state index contributed by atoms with van der Waals surface area (Å²) < 4.78 is 8.37. The number of aromatic amines is 1. The average Bonchev–Trinajstić information content (AvgIpc) is 2.95. The van der Waals surface area contributed by atoms with Crippen LogP contribution in [0.5, 0.6) is 0 Å². The van der Waals surface area contributed by atoms with Crippen LogP contribution in [-0.2, 0) is 4.74 Å². The second-order valence-electron chi connectivity index (χ2n) is 6.13. The summed E-state index contributed by atoms with van der Waals surface area (Å²) in [5.41, 5.74) is 0.777. The zero-order valence-corrected chi connectivity index (χ0v) is 13.8. The lowest BCUT2D eigenvalue weighted by atomic mass is 9.89. The fraction of sp³-hybridized carbons (Fsp3) is 0.500. The summed E-state index contributed by atoms with van der Waals surface area (Å²) >= 11 is 7.41. The van der Waals surface area contributed by atoms with Crippen LogP contribution >= 0.6 is 24.0 Å². The van der Waals surface area contributed by atoms with Gasteiger partial charge in [-0.3, -0.25) is 9.36 Å². The molecule has 2 aliphatic heterocycles. The molecule has 4 rings (SSSR count). The highest BCUT2D eigenvalue weighted by molar-refractivity contribution is 7.99. The minimum absolute atomic E-state index is 0.0204. The molecule has 1 aromatic heterocycles. The molecule has 0 unspecified atom stereocenters. The number of hydrogen-bond acceptors (Lipinski definition) is 4. The summed E-state index contributed by atoms with van der Waals surface area (Å²) in [6.45, 7) is 0.708. The molecule has 6 heteroatoms. The molecule has 1 spiro atoms. The highest BCUT2D eigenvalue weighted by Crippen LogP contribution is 2.41. The van der Waals surface area contributed by atoms with Crippen LogP contribution in [-0.4, -0.2) is 33.3 Å². The molecule has 2 atom stereocenters. The second kappa shape index (κ2) is 5.51. The smallest absolute Gasteiger partial charge is 0.262 e.